The van der Waals surface area contributed by atoms with E-state index in [2.05, 4.69) is 27.3 Å². The maximum Gasteiger partial charge on any atom is 0.261 e. The van der Waals surface area contributed by atoms with Gasteiger partial charge in [0.05, 0.1) is 16.3 Å². The van der Waals surface area contributed by atoms with Crippen LogP contribution in [-0.4, -0.2) is 20.2 Å². The van der Waals surface area contributed by atoms with Gasteiger partial charge in [0.15, 0.2) is 0 Å². The molecule has 1 aliphatic rings. The summed E-state index contributed by atoms with van der Waals surface area (Å²) in [5.74, 6) is -0.540. The summed E-state index contributed by atoms with van der Waals surface area (Å²) in [5, 5.41) is 0. The number of hydrogen-bond donors (Lipinski definition) is 1. The highest BCUT2D eigenvalue weighted by Gasteiger charge is 2.30. The number of imide groups is 1. The molecule has 0 unspecified atom stereocenters. The predicted molar refractivity (Wildman–Crippen MR) is 103 cm³/mol. The first-order valence-electron chi connectivity index (χ1n) is 7.53. The van der Waals surface area contributed by atoms with Gasteiger partial charge in [-0.05, 0) is 77.5 Å². The molecule has 2 aromatic carbocycles. The number of rotatable bonds is 4. The quantitative estimate of drug-likeness (QED) is 0.550. The normalized spacial score (nSPS) is 14.9. The lowest BCUT2D eigenvalue weighted by Gasteiger charge is -2.15. The highest BCUT2D eigenvalue weighted by Crippen LogP contribution is 2.26. The van der Waals surface area contributed by atoms with Gasteiger partial charge in [-0.15, -0.1) is 0 Å². The summed E-state index contributed by atoms with van der Waals surface area (Å²) >= 11 is 2.16. The number of nitrogens with zero attached hydrogens (tertiary/aromatic N) is 1. The van der Waals surface area contributed by atoms with E-state index >= 15 is 0 Å². The number of hydrogen-bond acceptors (Lipinski definition) is 4. The van der Waals surface area contributed by atoms with Crippen molar-refractivity contribution >= 4 is 55.8 Å². The molecular formula is C17H15IN2O4S. The molecule has 0 saturated carbocycles. The Labute approximate surface area is 159 Å². The molecule has 2 aromatic rings. The summed E-state index contributed by atoms with van der Waals surface area (Å²) in [7, 11) is -3.76. The van der Waals surface area contributed by atoms with Crippen LogP contribution in [0.5, 0.6) is 0 Å². The van der Waals surface area contributed by atoms with Crippen LogP contribution in [0, 0.1) is 10.5 Å². The van der Waals surface area contributed by atoms with E-state index in [0.29, 0.717) is 11.4 Å². The van der Waals surface area contributed by atoms with Gasteiger partial charge in [0.25, 0.3) is 10.0 Å². The van der Waals surface area contributed by atoms with Crippen molar-refractivity contribution in [2.45, 2.75) is 24.7 Å². The van der Waals surface area contributed by atoms with Crippen LogP contribution in [0.25, 0.3) is 0 Å². The lowest BCUT2D eigenvalue weighted by atomic mass is 10.2. The molecule has 3 rings (SSSR count). The van der Waals surface area contributed by atoms with Crippen molar-refractivity contribution in [1.29, 1.82) is 0 Å². The Kier molecular flexibility index (Phi) is 4.83. The molecule has 1 fully saturated rings. The van der Waals surface area contributed by atoms with Crippen molar-refractivity contribution in [3.05, 3.63) is 51.6 Å². The zero-order chi connectivity index (χ0) is 18.2. The third-order valence-corrected chi connectivity index (χ3v) is 5.94. The molecule has 0 aromatic heterocycles. The van der Waals surface area contributed by atoms with E-state index in [9.17, 15) is 18.0 Å². The summed E-state index contributed by atoms with van der Waals surface area (Å²) < 4.78 is 28.7. The van der Waals surface area contributed by atoms with E-state index < -0.39 is 10.0 Å². The molecule has 2 amide bonds. The Hall–Kier alpha value is -1.94. The molecule has 130 valence electrons. The Balaban J connectivity index is 1.85. The summed E-state index contributed by atoms with van der Waals surface area (Å²) in [6, 6.07) is 11.1. The minimum Gasteiger partial charge on any atom is -0.279 e. The molecule has 1 saturated heterocycles. The van der Waals surface area contributed by atoms with E-state index in [1.54, 1.807) is 6.07 Å². The Morgan fingerprint density at radius 2 is 1.60 bits per heavy atom. The Morgan fingerprint density at radius 1 is 1.00 bits per heavy atom. The Morgan fingerprint density at radius 3 is 2.16 bits per heavy atom. The largest absolute Gasteiger partial charge is 0.279 e. The molecule has 0 atom stereocenters. The van der Waals surface area contributed by atoms with E-state index in [4.69, 9.17) is 0 Å². The van der Waals surface area contributed by atoms with Crippen LogP contribution in [0.2, 0.25) is 0 Å². The van der Waals surface area contributed by atoms with Gasteiger partial charge in [0.1, 0.15) is 0 Å². The summed E-state index contributed by atoms with van der Waals surface area (Å²) in [5.41, 5.74) is 1.71. The highest BCUT2D eigenvalue weighted by molar-refractivity contribution is 14.1. The fraction of sp³-hybridized carbons (Fsp3) is 0.176. The number of benzene rings is 2. The number of carbonyl (C=O) groups is 2. The van der Waals surface area contributed by atoms with Gasteiger partial charge in [-0.2, -0.15) is 0 Å². The first kappa shape index (κ1) is 17.9. The van der Waals surface area contributed by atoms with Crippen LogP contribution < -0.4 is 9.62 Å². The second kappa shape index (κ2) is 6.75. The third kappa shape index (κ3) is 3.69. The van der Waals surface area contributed by atoms with Gasteiger partial charge >= 0.3 is 0 Å². The third-order valence-electron chi connectivity index (χ3n) is 3.89. The zero-order valence-electron chi connectivity index (χ0n) is 13.3. The van der Waals surface area contributed by atoms with Crippen molar-refractivity contribution < 1.29 is 18.0 Å². The molecule has 8 heteroatoms. The number of anilines is 2. The molecular weight excluding hydrogens is 455 g/mol. The second-order valence-electron chi connectivity index (χ2n) is 5.68. The molecule has 0 radical (unpaired) electrons. The van der Waals surface area contributed by atoms with Crippen molar-refractivity contribution in [1.82, 2.24) is 0 Å². The number of amides is 2. The number of sulfonamides is 1. The molecule has 1 N–H and O–H groups in total. The van der Waals surface area contributed by atoms with Gasteiger partial charge in [-0.25, -0.2) is 8.42 Å². The van der Waals surface area contributed by atoms with Crippen molar-refractivity contribution in [3.63, 3.8) is 0 Å². The van der Waals surface area contributed by atoms with Gasteiger partial charge in [-0.1, -0.05) is 0 Å². The summed E-state index contributed by atoms with van der Waals surface area (Å²) in [6.07, 6.45) is 0.374. The van der Waals surface area contributed by atoms with Crippen LogP contribution in [0.3, 0.4) is 0 Å². The number of aryl methyl sites for hydroxylation is 1. The van der Waals surface area contributed by atoms with E-state index in [1.165, 1.54) is 24.3 Å². The van der Waals surface area contributed by atoms with Crippen LogP contribution in [-0.2, 0) is 19.6 Å². The molecule has 0 spiro atoms. The van der Waals surface area contributed by atoms with Crippen LogP contribution in [0.4, 0.5) is 11.4 Å². The zero-order valence-corrected chi connectivity index (χ0v) is 16.3. The number of nitrogens with one attached hydrogen (secondary N) is 1. The van der Waals surface area contributed by atoms with Gasteiger partial charge in [0.2, 0.25) is 11.8 Å². The number of carbonyl (C=O) groups excluding carboxylic acids is 2. The first-order chi connectivity index (χ1) is 11.8. The fourth-order valence-electron chi connectivity index (χ4n) is 2.58. The molecule has 0 aliphatic carbocycles. The summed E-state index contributed by atoms with van der Waals surface area (Å²) in [6.45, 7) is 1.83. The van der Waals surface area contributed by atoms with E-state index in [1.807, 2.05) is 19.1 Å². The van der Waals surface area contributed by atoms with Crippen LogP contribution >= 0.6 is 22.6 Å². The second-order valence-corrected chi connectivity index (χ2v) is 8.61. The minimum atomic E-state index is -3.76. The van der Waals surface area contributed by atoms with Crippen molar-refractivity contribution in [3.8, 4) is 0 Å². The van der Waals surface area contributed by atoms with Crippen molar-refractivity contribution in [2.24, 2.45) is 0 Å². The summed E-state index contributed by atoms with van der Waals surface area (Å²) in [4.78, 5) is 24.6. The van der Waals surface area contributed by atoms with Crippen LogP contribution in [0.1, 0.15) is 18.4 Å². The van der Waals surface area contributed by atoms with Gasteiger partial charge in [0, 0.05) is 16.4 Å². The maximum atomic E-state index is 12.5. The lowest BCUT2D eigenvalue weighted by molar-refractivity contribution is -0.121. The van der Waals surface area contributed by atoms with Gasteiger partial charge in [-0.3, -0.25) is 19.2 Å². The minimum absolute atomic E-state index is 0.0632. The fourth-order valence-corrected chi connectivity index (χ4v) is 4.36. The lowest BCUT2D eigenvalue weighted by Crippen LogP contribution is -2.28. The first-order valence-corrected chi connectivity index (χ1v) is 10.1. The Bertz CT molecular complexity index is 939. The van der Waals surface area contributed by atoms with E-state index in [-0.39, 0.29) is 29.6 Å². The average molecular weight is 470 g/mol. The number of halogens is 1. The van der Waals surface area contributed by atoms with Crippen LogP contribution in [0.15, 0.2) is 47.4 Å². The average Bonchev–Trinajstić information content (AvgIpc) is 2.89. The van der Waals surface area contributed by atoms with E-state index in [0.717, 1.165) is 14.0 Å². The van der Waals surface area contributed by atoms with Gasteiger partial charge < -0.3 is 0 Å². The smallest absolute Gasteiger partial charge is 0.261 e. The molecule has 1 heterocycles. The SMILES string of the molecule is Cc1cc(I)ccc1NS(=O)(=O)c1ccc(N2C(=O)CCC2=O)cc1. The predicted octanol–water partition coefficient (Wildman–Crippen LogP) is 3.05. The van der Waals surface area contributed by atoms with Crippen molar-refractivity contribution in [2.75, 3.05) is 9.62 Å². The monoisotopic (exact) mass is 470 g/mol. The molecule has 0 bridgehead atoms. The maximum absolute atomic E-state index is 12.5. The highest BCUT2D eigenvalue weighted by atomic mass is 127. The molecule has 25 heavy (non-hydrogen) atoms. The standard InChI is InChI=1S/C17H15IN2O4S/c1-11-10-12(18)2-7-15(11)19-25(23,24)14-5-3-13(4-6-14)20-16(21)8-9-17(20)22/h2-7,10,19H,8-9H2,1H3. The molecule has 6 nitrogen and oxygen atoms in total. The topological polar surface area (TPSA) is 83.6 Å². The molecule has 1 aliphatic heterocycles.